The first-order chi connectivity index (χ1) is 9.90. The molecule has 0 radical (unpaired) electrons. The summed E-state index contributed by atoms with van der Waals surface area (Å²) in [4.78, 5) is 0. The van der Waals surface area contributed by atoms with Crippen molar-refractivity contribution in [3.05, 3.63) is 63.1 Å². The van der Waals surface area contributed by atoms with Crippen LogP contribution in [0.25, 0.3) is 0 Å². The predicted octanol–water partition coefficient (Wildman–Crippen LogP) is 5.76. The first-order valence-corrected chi connectivity index (χ1v) is 8.29. The van der Waals surface area contributed by atoms with Gasteiger partial charge in [-0.3, -0.25) is 0 Å². The Kier molecular flexibility index (Phi) is 3.79. The van der Waals surface area contributed by atoms with E-state index in [9.17, 15) is 0 Å². The second-order valence-electron chi connectivity index (χ2n) is 6.27. The third-order valence-electron chi connectivity index (χ3n) is 4.11. The van der Waals surface area contributed by atoms with Gasteiger partial charge in [-0.25, -0.2) is 0 Å². The van der Waals surface area contributed by atoms with Gasteiger partial charge in [0.15, 0.2) is 0 Å². The number of hydrogen-bond acceptors (Lipinski definition) is 1. The average Bonchev–Trinajstić information content (AvgIpc) is 2.76. The number of ether oxygens (including phenoxy) is 1. The lowest BCUT2D eigenvalue weighted by Gasteiger charge is -2.18. The topological polar surface area (TPSA) is 9.23 Å². The molecule has 0 fully saturated rings. The standard InChI is InChI=1S/C18H18BrClO/c1-11-5-4-6-13(16(11)19)17(20)12-7-8-15-14(9-12)18(2,3)10-21-15/h4-9,17H,10H2,1-3H3. The molecule has 21 heavy (non-hydrogen) atoms. The maximum atomic E-state index is 6.73. The zero-order valence-corrected chi connectivity index (χ0v) is 14.8. The van der Waals surface area contributed by atoms with E-state index < -0.39 is 0 Å². The molecular weight excluding hydrogens is 348 g/mol. The van der Waals surface area contributed by atoms with Gasteiger partial charge in [-0.2, -0.15) is 0 Å². The lowest BCUT2D eigenvalue weighted by Crippen LogP contribution is -2.18. The summed E-state index contributed by atoms with van der Waals surface area (Å²) in [6.45, 7) is 7.21. The number of benzene rings is 2. The minimum atomic E-state index is -0.166. The van der Waals surface area contributed by atoms with Crippen molar-refractivity contribution in [2.45, 2.75) is 31.6 Å². The molecule has 1 aliphatic heterocycles. The molecule has 1 unspecified atom stereocenters. The summed E-state index contributed by atoms with van der Waals surface area (Å²) in [5.74, 6) is 0.982. The van der Waals surface area contributed by atoms with E-state index >= 15 is 0 Å². The molecule has 0 saturated carbocycles. The van der Waals surface area contributed by atoms with Crippen LogP contribution in [0.2, 0.25) is 0 Å². The van der Waals surface area contributed by atoms with Gasteiger partial charge < -0.3 is 4.74 Å². The third-order valence-corrected chi connectivity index (χ3v) is 5.68. The summed E-state index contributed by atoms with van der Waals surface area (Å²) >= 11 is 10.4. The summed E-state index contributed by atoms with van der Waals surface area (Å²) < 4.78 is 6.83. The predicted molar refractivity (Wildman–Crippen MR) is 91.5 cm³/mol. The van der Waals surface area contributed by atoms with Crippen LogP contribution in [0.5, 0.6) is 5.75 Å². The molecular formula is C18H18BrClO. The summed E-state index contributed by atoms with van der Waals surface area (Å²) in [7, 11) is 0. The second-order valence-corrected chi connectivity index (χ2v) is 7.50. The van der Waals surface area contributed by atoms with Crippen LogP contribution in [0.15, 0.2) is 40.9 Å². The van der Waals surface area contributed by atoms with Crippen LogP contribution in [0.3, 0.4) is 0 Å². The normalized spacial score (nSPS) is 17.2. The Bertz CT molecular complexity index is 694. The molecule has 3 heteroatoms. The van der Waals surface area contributed by atoms with Crippen LogP contribution in [0, 0.1) is 6.92 Å². The van der Waals surface area contributed by atoms with Crippen LogP contribution in [-0.2, 0) is 5.41 Å². The number of alkyl halides is 1. The molecule has 1 heterocycles. The highest BCUT2D eigenvalue weighted by molar-refractivity contribution is 9.10. The summed E-state index contributed by atoms with van der Waals surface area (Å²) in [6.07, 6.45) is 0. The molecule has 0 N–H and O–H groups in total. The van der Waals surface area contributed by atoms with E-state index in [-0.39, 0.29) is 10.8 Å². The molecule has 0 saturated heterocycles. The van der Waals surface area contributed by atoms with Crippen molar-refractivity contribution in [1.82, 2.24) is 0 Å². The summed E-state index contributed by atoms with van der Waals surface area (Å²) in [5, 5.41) is -0.166. The van der Waals surface area contributed by atoms with Gasteiger partial charge in [-0.15, -0.1) is 11.6 Å². The van der Waals surface area contributed by atoms with Crippen LogP contribution in [0.4, 0.5) is 0 Å². The van der Waals surface area contributed by atoms with Crippen LogP contribution >= 0.6 is 27.5 Å². The van der Waals surface area contributed by atoms with Crippen molar-refractivity contribution in [2.24, 2.45) is 0 Å². The smallest absolute Gasteiger partial charge is 0.123 e. The Balaban J connectivity index is 2.03. The lowest BCUT2D eigenvalue weighted by molar-refractivity contribution is 0.291. The summed E-state index contributed by atoms with van der Waals surface area (Å²) in [5.41, 5.74) is 4.71. The minimum Gasteiger partial charge on any atom is -0.492 e. The van der Waals surface area contributed by atoms with E-state index in [4.69, 9.17) is 16.3 Å². The molecule has 3 rings (SSSR count). The zero-order valence-electron chi connectivity index (χ0n) is 12.4. The summed E-state index contributed by atoms with van der Waals surface area (Å²) in [6, 6.07) is 12.5. The van der Waals surface area contributed by atoms with Gasteiger partial charge in [0, 0.05) is 15.5 Å². The fourth-order valence-corrected chi connectivity index (χ4v) is 3.68. The molecule has 110 valence electrons. The molecule has 2 aromatic carbocycles. The van der Waals surface area contributed by atoms with Crippen LogP contribution in [0.1, 0.15) is 41.5 Å². The quantitative estimate of drug-likeness (QED) is 0.615. The van der Waals surface area contributed by atoms with Gasteiger partial charge in [0.05, 0.1) is 12.0 Å². The highest BCUT2D eigenvalue weighted by Crippen LogP contribution is 2.42. The van der Waals surface area contributed by atoms with Gasteiger partial charge >= 0.3 is 0 Å². The van der Waals surface area contributed by atoms with E-state index in [0.717, 1.165) is 28.0 Å². The van der Waals surface area contributed by atoms with E-state index in [1.165, 1.54) is 11.1 Å². The van der Waals surface area contributed by atoms with Crippen LogP contribution in [-0.4, -0.2) is 6.61 Å². The van der Waals surface area contributed by atoms with Crippen molar-refractivity contribution in [1.29, 1.82) is 0 Å². The molecule has 0 aromatic heterocycles. The maximum Gasteiger partial charge on any atom is 0.123 e. The van der Waals surface area contributed by atoms with Gasteiger partial charge in [0.1, 0.15) is 5.75 Å². The monoisotopic (exact) mass is 364 g/mol. The van der Waals surface area contributed by atoms with E-state index in [1.54, 1.807) is 0 Å². The van der Waals surface area contributed by atoms with Gasteiger partial charge in [0.2, 0.25) is 0 Å². The van der Waals surface area contributed by atoms with Gasteiger partial charge in [-0.05, 0) is 35.7 Å². The molecule has 0 amide bonds. The molecule has 1 aliphatic rings. The highest BCUT2D eigenvalue weighted by atomic mass is 79.9. The number of fused-ring (bicyclic) bond motifs is 1. The van der Waals surface area contributed by atoms with Gasteiger partial charge in [0.25, 0.3) is 0 Å². The lowest BCUT2D eigenvalue weighted by atomic mass is 9.85. The van der Waals surface area contributed by atoms with Crippen molar-refractivity contribution in [3.63, 3.8) is 0 Å². The average molecular weight is 366 g/mol. The minimum absolute atomic E-state index is 0.0474. The number of halogens is 2. The third kappa shape index (κ3) is 2.60. The number of aryl methyl sites for hydroxylation is 1. The SMILES string of the molecule is Cc1cccc(C(Cl)c2ccc3c(c2)C(C)(C)CO3)c1Br. The second kappa shape index (κ2) is 5.33. The van der Waals surface area contributed by atoms with E-state index in [0.29, 0.717) is 0 Å². The molecule has 0 bridgehead atoms. The van der Waals surface area contributed by atoms with E-state index in [2.05, 4.69) is 61.0 Å². The molecule has 2 aromatic rings. The molecule has 1 atom stereocenters. The van der Waals surface area contributed by atoms with Crippen molar-refractivity contribution >= 4 is 27.5 Å². The van der Waals surface area contributed by atoms with Crippen molar-refractivity contribution < 1.29 is 4.74 Å². The molecule has 0 spiro atoms. The van der Waals surface area contributed by atoms with Crippen LogP contribution < -0.4 is 4.74 Å². The van der Waals surface area contributed by atoms with Crippen molar-refractivity contribution in [3.8, 4) is 5.75 Å². The Morgan fingerprint density at radius 2 is 2.00 bits per heavy atom. The Hall–Kier alpha value is -0.990. The number of rotatable bonds is 2. The van der Waals surface area contributed by atoms with E-state index in [1.807, 2.05) is 12.1 Å². The Labute approximate surface area is 139 Å². The Morgan fingerprint density at radius 3 is 2.76 bits per heavy atom. The Morgan fingerprint density at radius 1 is 1.24 bits per heavy atom. The highest BCUT2D eigenvalue weighted by Gasteiger charge is 2.32. The van der Waals surface area contributed by atoms with Gasteiger partial charge in [-0.1, -0.05) is 54.0 Å². The number of hydrogen-bond donors (Lipinski definition) is 0. The largest absolute Gasteiger partial charge is 0.492 e. The fourth-order valence-electron chi connectivity index (χ4n) is 2.74. The first-order valence-electron chi connectivity index (χ1n) is 7.06. The van der Waals surface area contributed by atoms with Crippen molar-refractivity contribution in [2.75, 3.05) is 6.61 Å². The molecule has 1 nitrogen and oxygen atoms in total. The first kappa shape index (κ1) is 14.9. The molecule has 0 aliphatic carbocycles. The zero-order chi connectivity index (χ0) is 15.2. The fraction of sp³-hybridized carbons (Fsp3) is 0.333. The maximum absolute atomic E-state index is 6.73.